The van der Waals surface area contributed by atoms with E-state index in [2.05, 4.69) is 15.4 Å². The number of hydrogen-bond donors (Lipinski definition) is 2. The smallest absolute Gasteiger partial charge is 0.387 e. The highest BCUT2D eigenvalue weighted by Crippen LogP contribution is 2.19. The second-order valence-corrected chi connectivity index (χ2v) is 4.09. The molecule has 1 aliphatic rings. The maximum absolute atomic E-state index is 11.9. The van der Waals surface area contributed by atoms with Gasteiger partial charge in [0.1, 0.15) is 5.75 Å². The van der Waals surface area contributed by atoms with Crippen molar-refractivity contribution in [3.05, 3.63) is 24.3 Å². The van der Waals surface area contributed by atoms with Gasteiger partial charge in [0.05, 0.1) is 0 Å². The number of alkyl halides is 2. The van der Waals surface area contributed by atoms with Gasteiger partial charge in [-0.25, -0.2) is 0 Å². The van der Waals surface area contributed by atoms with Gasteiger partial charge >= 0.3 is 6.61 Å². The Morgan fingerprint density at radius 3 is 2.65 bits per heavy atom. The highest BCUT2D eigenvalue weighted by atomic mass is 19.3. The highest BCUT2D eigenvalue weighted by molar-refractivity contribution is 5.47. The number of anilines is 1. The van der Waals surface area contributed by atoms with Crippen molar-refractivity contribution in [1.29, 1.82) is 0 Å². The molecule has 1 aromatic rings. The topological polar surface area (TPSA) is 33.3 Å². The van der Waals surface area contributed by atoms with E-state index in [0.29, 0.717) is 6.04 Å². The van der Waals surface area contributed by atoms with Crippen LogP contribution < -0.4 is 15.4 Å². The van der Waals surface area contributed by atoms with Gasteiger partial charge < -0.3 is 15.4 Å². The third kappa shape index (κ3) is 3.85. The number of hydrogen-bond acceptors (Lipinski definition) is 3. The summed E-state index contributed by atoms with van der Waals surface area (Å²) in [7, 11) is 0. The summed E-state index contributed by atoms with van der Waals surface area (Å²) in [5.74, 6) is 0.187. The van der Waals surface area contributed by atoms with E-state index in [1.165, 1.54) is 0 Å². The first-order chi connectivity index (χ1) is 8.24. The maximum Gasteiger partial charge on any atom is 0.387 e. The van der Waals surface area contributed by atoms with Gasteiger partial charge in [0.25, 0.3) is 0 Å². The molecular weight excluding hydrogens is 226 g/mol. The van der Waals surface area contributed by atoms with Gasteiger partial charge in [-0.05, 0) is 43.7 Å². The van der Waals surface area contributed by atoms with Gasteiger partial charge in [-0.15, -0.1) is 0 Å². The fourth-order valence-electron chi connectivity index (χ4n) is 1.94. The monoisotopic (exact) mass is 242 g/mol. The summed E-state index contributed by atoms with van der Waals surface area (Å²) in [5.41, 5.74) is 0.931. The van der Waals surface area contributed by atoms with E-state index in [1.807, 2.05) is 0 Å². The Morgan fingerprint density at radius 2 is 2.06 bits per heavy atom. The van der Waals surface area contributed by atoms with Crippen molar-refractivity contribution in [3.63, 3.8) is 0 Å². The molecule has 0 aromatic heterocycles. The molecule has 5 heteroatoms. The average molecular weight is 242 g/mol. The largest absolute Gasteiger partial charge is 0.435 e. The molecule has 0 aliphatic carbocycles. The van der Waals surface area contributed by atoms with Gasteiger partial charge in [-0.3, -0.25) is 0 Å². The number of ether oxygens (including phenoxy) is 1. The molecular formula is C12H16F2N2O. The SMILES string of the molecule is FC(F)Oc1ccc(NC2CCCNC2)cc1. The van der Waals surface area contributed by atoms with Crippen molar-refractivity contribution in [2.75, 3.05) is 18.4 Å². The first kappa shape index (κ1) is 12.1. The minimum Gasteiger partial charge on any atom is -0.435 e. The summed E-state index contributed by atoms with van der Waals surface area (Å²) in [4.78, 5) is 0. The summed E-state index contributed by atoms with van der Waals surface area (Å²) in [6.07, 6.45) is 2.28. The lowest BCUT2D eigenvalue weighted by Gasteiger charge is -2.24. The number of piperidine rings is 1. The molecule has 1 unspecified atom stereocenters. The van der Waals surface area contributed by atoms with E-state index in [0.717, 1.165) is 31.6 Å². The third-order valence-corrected chi connectivity index (χ3v) is 2.75. The van der Waals surface area contributed by atoms with E-state index in [1.54, 1.807) is 24.3 Å². The Balaban J connectivity index is 1.88. The van der Waals surface area contributed by atoms with Gasteiger partial charge in [0.2, 0.25) is 0 Å². The van der Waals surface area contributed by atoms with Crippen LogP contribution in [0, 0.1) is 0 Å². The summed E-state index contributed by atoms with van der Waals surface area (Å²) in [6.45, 7) is -0.759. The summed E-state index contributed by atoms with van der Waals surface area (Å²) in [6, 6.07) is 7.01. The van der Waals surface area contributed by atoms with Gasteiger partial charge in [0.15, 0.2) is 0 Å². The molecule has 17 heavy (non-hydrogen) atoms. The zero-order valence-corrected chi connectivity index (χ0v) is 9.46. The summed E-state index contributed by atoms with van der Waals surface area (Å²) < 4.78 is 28.2. The zero-order chi connectivity index (χ0) is 12.1. The molecule has 1 fully saturated rings. The summed E-state index contributed by atoms with van der Waals surface area (Å²) in [5, 5.41) is 6.66. The minimum absolute atomic E-state index is 0.187. The molecule has 1 aliphatic heterocycles. The molecule has 94 valence electrons. The highest BCUT2D eigenvalue weighted by Gasteiger charge is 2.12. The first-order valence-corrected chi connectivity index (χ1v) is 5.76. The Bertz CT molecular complexity index is 337. The second-order valence-electron chi connectivity index (χ2n) is 4.09. The Labute approximate surface area is 99.2 Å². The lowest BCUT2D eigenvalue weighted by Crippen LogP contribution is -2.38. The van der Waals surface area contributed by atoms with Crippen LogP contribution in [0.4, 0.5) is 14.5 Å². The van der Waals surface area contributed by atoms with E-state index < -0.39 is 6.61 Å². The maximum atomic E-state index is 11.9. The van der Waals surface area contributed by atoms with Crippen molar-refractivity contribution in [1.82, 2.24) is 5.32 Å². The first-order valence-electron chi connectivity index (χ1n) is 5.76. The molecule has 0 spiro atoms. The predicted molar refractivity (Wildman–Crippen MR) is 62.6 cm³/mol. The van der Waals surface area contributed by atoms with E-state index >= 15 is 0 Å². The molecule has 1 heterocycles. The van der Waals surface area contributed by atoms with Crippen LogP contribution in [-0.4, -0.2) is 25.7 Å². The fraction of sp³-hybridized carbons (Fsp3) is 0.500. The van der Waals surface area contributed by atoms with Crippen molar-refractivity contribution in [3.8, 4) is 5.75 Å². The number of rotatable bonds is 4. The van der Waals surface area contributed by atoms with Gasteiger partial charge in [-0.1, -0.05) is 0 Å². The Kier molecular flexibility index (Phi) is 4.14. The molecule has 1 aromatic carbocycles. The van der Waals surface area contributed by atoms with Crippen LogP contribution in [0.25, 0.3) is 0 Å². The van der Waals surface area contributed by atoms with E-state index in [-0.39, 0.29) is 5.75 Å². The predicted octanol–water partition coefficient (Wildman–Crippen LogP) is 2.45. The van der Waals surface area contributed by atoms with E-state index in [4.69, 9.17) is 0 Å². The molecule has 0 bridgehead atoms. The third-order valence-electron chi connectivity index (χ3n) is 2.75. The minimum atomic E-state index is -2.77. The molecule has 2 N–H and O–H groups in total. The molecule has 2 rings (SSSR count). The van der Waals surface area contributed by atoms with Crippen LogP contribution in [-0.2, 0) is 0 Å². The Morgan fingerprint density at radius 1 is 1.29 bits per heavy atom. The zero-order valence-electron chi connectivity index (χ0n) is 9.46. The van der Waals surface area contributed by atoms with E-state index in [9.17, 15) is 8.78 Å². The van der Waals surface area contributed by atoms with Crippen LogP contribution in [0.2, 0.25) is 0 Å². The average Bonchev–Trinajstić information content (AvgIpc) is 2.32. The molecule has 0 radical (unpaired) electrons. The van der Waals surface area contributed by atoms with Crippen molar-refractivity contribution >= 4 is 5.69 Å². The summed E-state index contributed by atoms with van der Waals surface area (Å²) >= 11 is 0. The standard InChI is InChI=1S/C12H16F2N2O/c13-12(14)17-11-5-3-9(4-6-11)16-10-2-1-7-15-8-10/h3-6,10,12,15-16H,1-2,7-8H2. The number of halogens is 2. The van der Waals surface area contributed by atoms with Crippen LogP contribution in [0.3, 0.4) is 0 Å². The molecule has 0 amide bonds. The molecule has 3 nitrogen and oxygen atoms in total. The lowest BCUT2D eigenvalue weighted by atomic mass is 10.1. The fourth-order valence-corrected chi connectivity index (χ4v) is 1.94. The van der Waals surface area contributed by atoms with Crippen molar-refractivity contribution in [2.45, 2.75) is 25.5 Å². The van der Waals surface area contributed by atoms with Crippen LogP contribution in [0.1, 0.15) is 12.8 Å². The van der Waals surface area contributed by atoms with Crippen molar-refractivity contribution < 1.29 is 13.5 Å². The van der Waals surface area contributed by atoms with Crippen molar-refractivity contribution in [2.24, 2.45) is 0 Å². The molecule has 0 saturated carbocycles. The normalized spacial score (nSPS) is 20.3. The van der Waals surface area contributed by atoms with Crippen LogP contribution in [0.15, 0.2) is 24.3 Å². The molecule has 1 atom stereocenters. The molecule has 1 saturated heterocycles. The Hall–Kier alpha value is -1.36. The number of benzene rings is 1. The van der Waals surface area contributed by atoms with Crippen LogP contribution in [0.5, 0.6) is 5.75 Å². The quantitative estimate of drug-likeness (QED) is 0.850. The lowest BCUT2D eigenvalue weighted by molar-refractivity contribution is -0.0498. The van der Waals surface area contributed by atoms with Gasteiger partial charge in [0, 0.05) is 18.3 Å². The number of nitrogens with one attached hydrogen (secondary N) is 2. The van der Waals surface area contributed by atoms with Gasteiger partial charge in [-0.2, -0.15) is 8.78 Å². The van der Waals surface area contributed by atoms with Crippen LogP contribution >= 0.6 is 0 Å². The second kappa shape index (κ2) is 5.82.